The van der Waals surface area contributed by atoms with Crippen molar-refractivity contribution in [1.82, 2.24) is 9.88 Å². The maximum Gasteiger partial charge on any atom is 0.388 e. The second-order valence-corrected chi connectivity index (χ2v) is 7.10. The maximum absolute atomic E-state index is 12.8. The lowest BCUT2D eigenvalue weighted by Gasteiger charge is -2.22. The summed E-state index contributed by atoms with van der Waals surface area (Å²) in [5.41, 5.74) is 3.12. The molecule has 2 aliphatic rings. The van der Waals surface area contributed by atoms with Gasteiger partial charge in [-0.25, -0.2) is 4.98 Å². The zero-order chi connectivity index (χ0) is 18.8. The van der Waals surface area contributed by atoms with Gasteiger partial charge >= 0.3 is 6.61 Å². The summed E-state index contributed by atoms with van der Waals surface area (Å²) in [6, 6.07) is 9.41. The number of rotatable bonds is 6. The van der Waals surface area contributed by atoms with Crippen molar-refractivity contribution in [1.29, 1.82) is 0 Å². The summed E-state index contributed by atoms with van der Waals surface area (Å²) in [7, 11) is 0. The zero-order valence-corrected chi connectivity index (χ0v) is 15.2. The van der Waals surface area contributed by atoms with Crippen molar-refractivity contribution in [2.24, 2.45) is 4.99 Å². The van der Waals surface area contributed by atoms with Crippen LogP contribution in [0, 0.1) is 0 Å². The highest BCUT2D eigenvalue weighted by molar-refractivity contribution is 6.30. The molecule has 2 aromatic rings. The van der Waals surface area contributed by atoms with Crippen LogP contribution in [-0.4, -0.2) is 35.4 Å². The summed E-state index contributed by atoms with van der Waals surface area (Å²) in [5, 5.41) is 0.517. The van der Waals surface area contributed by atoms with Crippen LogP contribution in [0.4, 0.5) is 8.78 Å². The highest BCUT2D eigenvalue weighted by Gasteiger charge is 2.27. The minimum absolute atomic E-state index is 0.109. The van der Waals surface area contributed by atoms with E-state index in [9.17, 15) is 8.78 Å². The Morgan fingerprint density at radius 1 is 1.26 bits per heavy atom. The fraction of sp³-hybridized carbons (Fsp3) is 0.300. The van der Waals surface area contributed by atoms with Gasteiger partial charge in [0.15, 0.2) is 0 Å². The van der Waals surface area contributed by atoms with Crippen LogP contribution in [0.1, 0.15) is 18.4 Å². The molecule has 0 bridgehead atoms. The Kier molecular flexibility index (Phi) is 5.07. The molecule has 0 N–H and O–H groups in total. The van der Waals surface area contributed by atoms with Crippen LogP contribution in [0.5, 0.6) is 5.88 Å². The molecular weight excluding hydrogens is 372 g/mol. The molecule has 0 amide bonds. The fourth-order valence-electron chi connectivity index (χ4n) is 3.13. The van der Waals surface area contributed by atoms with Crippen LogP contribution in [-0.2, 0) is 6.42 Å². The Hall–Kier alpha value is -2.47. The van der Waals surface area contributed by atoms with Gasteiger partial charge in [-0.15, -0.1) is 0 Å². The lowest BCUT2D eigenvalue weighted by molar-refractivity contribution is -0.0524. The molecule has 140 valence electrons. The fourth-order valence-corrected chi connectivity index (χ4v) is 3.32. The number of benzene rings is 1. The molecule has 1 aliphatic heterocycles. The summed E-state index contributed by atoms with van der Waals surface area (Å²) in [6.07, 6.45) is 8.59. The number of allylic oxidation sites excluding steroid dienone is 1. The summed E-state index contributed by atoms with van der Waals surface area (Å²) in [4.78, 5) is 10.8. The third kappa shape index (κ3) is 4.45. The van der Waals surface area contributed by atoms with E-state index in [4.69, 9.17) is 11.6 Å². The van der Waals surface area contributed by atoms with Crippen molar-refractivity contribution in [3.05, 3.63) is 58.9 Å². The van der Waals surface area contributed by atoms with Crippen LogP contribution in [0.3, 0.4) is 0 Å². The number of aromatic nitrogens is 1. The van der Waals surface area contributed by atoms with Crippen molar-refractivity contribution < 1.29 is 13.5 Å². The highest BCUT2D eigenvalue weighted by atomic mass is 35.5. The average molecular weight is 390 g/mol. The first-order valence-electron chi connectivity index (χ1n) is 8.74. The molecule has 1 saturated carbocycles. The quantitative estimate of drug-likeness (QED) is 0.702. The van der Waals surface area contributed by atoms with Crippen molar-refractivity contribution in [2.45, 2.75) is 31.9 Å². The van der Waals surface area contributed by atoms with Crippen molar-refractivity contribution in [3.8, 4) is 17.0 Å². The number of pyridine rings is 1. The first kappa shape index (κ1) is 17.9. The van der Waals surface area contributed by atoms with E-state index in [0.717, 1.165) is 11.1 Å². The zero-order valence-electron chi connectivity index (χ0n) is 14.5. The topological polar surface area (TPSA) is 37.7 Å². The monoisotopic (exact) mass is 389 g/mol. The number of ether oxygens (including phenoxy) is 1. The lowest BCUT2D eigenvalue weighted by Crippen LogP contribution is -2.24. The van der Waals surface area contributed by atoms with Gasteiger partial charge in [0.2, 0.25) is 5.88 Å². The standard InChI is InChI=1S/C20H18ClF2N3O/c21-16-3-1-2-15(8-16)18-7-13(10-25-19(18)27-20(22)23)6-14-9-24-12-26(11-14)17-4-5-17/h1-3,7-11,17,20H,4-6,12H2. The third-order valence-electron chi connectivity index (χ3n) is 4.50. The minimum Gasteiger partial charge on any atom is -0.416 e. The van der Waals surface area contributed by atoms with Gasteiger partial charge in [-0.3, -0.25) is 4.99 Å². The second-order valence-electron chi connectivity index (χ2n) is 6.66. The molecule has 1 aromatic carbocycles. The van der Waals surface area contributed by atoms with E-state index in [0.29, 0.717) is 35.3 Å². The number of halogens is 3. The first-order chi connectivity index (χ1) is 13.1. The molecule has 4 nitrogen and oxygen atoms in total. The van der Waals surface area contributed by atoms with Crippen molar-refractivity contribution >= 4 is 17.8 Å². The first-order valence-corrected chi connectivity index (χ1v) is 9.12. The van der Waals surface area contributed by atoms with Gasteiger partial charge in [0, 0.05) is 41.7 Å². The molecule has 0 atom stereocenters. The Labute approximate surface area is 161 Å². The van der Waals surface area contributed by atoms with Gasteiger partial charge in [-0.1, -0.05) is 23.7 Å². The smallest absolute Gasteiger partial charge is 0.388 e. The SMILES string of the molecule is FC(F)Oc1ncc(CC2=CN(C3CC3)CN=C2)cc1-c1cccc(Cl)c1. The van der Waals surface area contributed by atoms with E-state index in [2.05, 4.69) is 25.8 Å². The molecule has 7 heteroatoms. The van der Waals surface area contributed by atoms with Gasteiger partial charge in [0.05, 0.1) is 0 Å². The van der Waals surface area contributed by atoms with Gasteiger partial charge in [-0.2, -0.15) is 8.78 Å². The molecule has 2 heterocycles. The van der Waals surface area contributed by atoms with Gasteiger partial charge in [0.25, 0.3) is 0 Å². The Bertz CT molecular complexity index is 897. The van der Waals surface area contributed by atoms with Gasteiger partial charge in [0.1, 0.15) is 6.67 Å². The predicted molar refractivity (Wildman–Crippen MR) is 101 cm³/mol. The maximum atomic E-state index is 12.8. The number of alkyl halides is 2. The van der Waals surface area contributed by atoms with Crippen LogP contribution < -0.4 is 4.74 Å². The average Bonchev–Trinajstić information content (AvgIpc) is 3.48. The van der Waals surface area contributed by atoms with Crippen LogP contribution >= 0.6 is 11.6 Å². The van der Waals surface area contributed by atoms with E-state index in [1.54, 1.807) is 30.5 Å². The molecule has 4 rings (SSSR count). The van der Waals surface area contributed by atoms with E-state index in [1.165, 1.54) is 12.8 Å². The third-order valence-corrected chi connectivity index (χ3v) is 4.74. The Morgan fingerprint density at radius 2 is 2.11 bits per heavy atom. The molecule has 0 saturated heterocycles. The van der Waals surface area contributed by atoms with Crippen molar-refractivity contribution in [3.63, 3.8) is 0 Å². The summed E-state index contributed by atoms with van der Waals surface area (Å²) >= 11 is 6.06. The van der Waals surface area contributed by atoms with Crippen LogP contribution in [0.15, 0.2) is 53.3 Å². The largest absolute Gasteiger partial charge is 0.416 e. The number of hydrogen-bond donors (Lipinski definition) is 0. The van der Waals surface area contributed by atoms with E-state index < -0.39 is 6.61 Å². The van der Waals surface area contributed by atoms with E-state index in [-0.39, 0.29) is 5.88 Å². The van der Waals surface area contributed by atoms with Crippen LogP contribution in [0.2, 0.25) is 5.02 Å². The second kappa shape index (κ2) is 7.64. The molecule has 1 fully saturated rings. The van der Waals surface area contributed by atoms with Gasteiger partial charge in [-0.05, 0) is 47.7 Å². The minimum atomic E-state index is -2.94. The van der Waals surface area contributed by atoms with Gasteiger partial charge < -0.3 is 9.64 Å². The summed E-state index contributed by atoms with van der Waals surface area (Å²) < 4.78 is 30.2. The molecule has 27 heavy (non-hydrogen) atoms. The Balaban J connectivity index is 1.64. The van der Waals surface area contributed by atoms with Crippen LogP contribution in [0.25, 0.3) is 11.1 Å². The molecule has 0 spiro atoms. The van der Waals surface area contributed by atoms with E-state index in [1.807, 2.05) is 12.3 Å². The number of nitrogens with zero attached hydrogens (tertiary/aromatic N) is 3. The summed E-state index contributed by atoms with van der Waals surface area (Å²) in [5.74, 6) is -0.109. The molecule has 1 aliphatic carbocycles. The number of aliphatic imine (C=N–C) groups is 1. The molecule has 0 radical (unpaired) electrons. The highest BCUT2D eigenvalue weighted by Crippen LogP contribution is 2.33. The van der Waals surface area contributed by atoms with Crippen molar-refractivity contribution in [2.75, 3.05) is 6.67 Å². The molecule has 1 aromatic heterocycles. The Morgan fingerprint density at radius 3 is 2.85 bits per heavy atom. The predicted octanol–water partition coefficient (Wildman–Crippen LogP) is 4.94. The normalized spacial score (nSPS) is 16.6. The lowest BCUT2D eigenvalue weighted by atomic mass is 10.0. The summed E-state index contributed by atoms with van der Waals surface area (Å²) in [6.45, 7) is -2.25. The molecule has 0 unspecified atom stereocenters. The van der Waals surface area contributed by atoms with E-state index >= 15 is 0 Å². The number of hydrogen-bond acceptors (Lipinski definition) is 4. The molecular formula is C20H18ClF2N3O.